The van der Waals surface area contributed by atoms with E-state index in [1.807, 2.05) is 12.1 Å². The average Bonchev–Trinajstić information content (AvgIpc) is 2.69. The molecule has 4 rings (SSSR count). The SMILES string of the molecule is CC(=O)c1ccc(NC(=O)CN2C(=O)c3cccc4cccc(c34)C2=O)cc1. The zero-order chi connectivity index (χ0) is 19.8. The van der Waals surface area contributed by atoms with E-state index in [1.54, 1.807) is 48.5 Å². The Morgan fingerprint density at radius 2 is 1.43 bits per heavy atom. The highest BCUT2D eigenvalue weighted by Gasteiger charge is 2.33. The van der Waals surface area contributed by atoms with E-state index in [2.05, 4.69) is 5.32 Å². The number of nitrogens with one attached hydrogen (secondary N) is 1. The first-order valence-electron chi connectivity index (χ1n) is 8.74. The Labute approximate surface area is 160 Å². The summed E-state index contributed by atoms with van der Waals surface area (Å²) in [5, 5.41) is 4.08. The molecule has 0 spiro atoms. The van der Waals surface area contributed by atoms with E-state index < -0.39 is 24.3 Å². The fraction of sp³-hybridized carbons (Fsp3) is 0.0909. The zero-order valence-electron chi connectivity index (χ0n) is 15.1. The summed E-state index contributed by atoms with van der Waals surface area (Å²) in [7, 11) is 0. The summed E-state index contributed by atoms with van der Waals surface area (Å²) in [5.41, 5.74) is 1.83. The Balaban J connectivity index is 1.57. The lowest BCUT2D eigenvalue weighted by molar-refractivity contribution is -0.116. The third-order valence-electron chi connectivity index (χ3n) is 4.73. The third-order valence-corrected chi connectivity index (χ3v) is 4.73. The number of imide groups is 1. The number of Topliss-reactive ketones (excluding diaryl/α,β-unsaturated/α-hetero) is 1. The van der Waals surface area contributed by atoms with Crippen molar-refractivity contribution >= 4 is 40.0 Å². The number of hydrogen-bond donors (Lipinski definition) is 1. The fourth-order valence-corrected chi connectivity index (χ4v) is 3.36. The van der Waals surface area contributed by atoms with Crippen molar-refractivity contribution in [3.05, 3.63) is 77.4 Å². The minimum Gasteiger partial charge on any atom is -0.325 e. The number of amides is 3. The van der Waals surface area contributed by atoms with Crippen molar-refractivity contribution in [2.45, 2.75) is 6.92 Å². The van der Waals surface area contributed by atoms with Gasteiger partial charge in [0.15, 0.2) is 5.78 Å². The highest BCUT2D eigenvalue weighted by Crippen LogP contribution is 2.29. The quantitative estimate of drug-likeness (QED) is 0.563. The van der Waals surface area contributed by atoms with Gasteiger partial charge in [0, 0.05) is 27.8 Å². The molecule has 0 fully saturated rings. The number of carbonyl (C=O) groups excluding carboxylic acids is 4. The van der Waals surface area contributed by atoms with Crippen LogP contribution in [0.4, 0.5) is 5.69 Å². The van der Waals surface area contributed by atoms with Crippen LogP contribution in [-0.2, 0) is 4.79 Å². The second kappa shape index (κ2) is 6.74. The average molecular weight is 372 g/mol. The van der Waals surface area contributed by atoms with Gasteiger partial charge in [-0.05, 0) is 48.7 Å². The van der Waals surface area contributed by atoms with Crippen molar-refractivity contribution in [3.8, 4) is 0 Å². The normalized spacial score (nSPS) is 13.0. The van der Waals surface area contributed by atoms with Crippen LogP contribution < -0.4 is 5.32 Å². The molecular formula is C22H16N2O4. The maximum atomic E-state index is 12.8. The number of hydrogen-bond acceptors (Lipinski definition) is 4. The van der Waals surface area contributed by atoms with Gasteiger partial charge in [-0.1, -0.05) is 24.3 Å². The number of benzene rings is 3. The number of rotatable bonds is 4. The lowest BCUT2D eigenvalue weighted by atomic mass is 9.94. The van der Waals surface area contributed by atoms with Crippen LogP contribution in [0.25, 0.3) is 10.8 Å². The summed E-state index contributed by atoms with van der Waals surface area (Å²) >= 11 is 0. The highest BCUT2D eigenvalue weighted by atomic mass is 16.2. The Morgan fingerprint density at radius 3 is 1.96 bits per heavy atom. The molecule has 3 aromatic carbocycles. The van der Waals surface area contributed by atoms with E-state index in [-0.39, 0.29) is 5.78 Å². The molecule has 0 aliphatic carbocycles. The first kappa shape index (κ1) is 17.6. The van der Waals surface area contributed by atoms with Crippen molar-refractivity contribution < 1.29 is 19.2 Å². The summed E-state index contributed by atoms with van der Waals surface area (Å²) in [6.07, 6.45) is 0. The second-order valence-electron chi connectivity index (χ2n) is 6.59. The topological polar surface area (TPSA) is 83.6 Å². The van der Waals surface area contributed by atoms with Crippen LogP contribution in [0.1, 0.15) is 38.0 Å². The van der Waals surface area contributed by atoms with Gasteiger partial charge in [0.05, 0.1) is 0 Å². The van der Waals surface area contributed by atoms with Gasteiger partial charge in [-0.2, -0.15) is 0 Å². The highest BCUT2D eigenvalue weighted by molar-refractivity contribution is 6.26. The molecule has 0 bridgehead atoms. The van der Waals surface area contributed by atoms with Gasteiger partial charge in [0.25, 0.3) is 11.8 Å². The minimum absolute atomic E-state index is 0.0739. The summed E-state index contributed by atoms with van der Waals surface area (Å²) < 4.78 is 0. The van der Waals surface area contributed by atoms with Gasteiger partial charge < -0.3 is 5.32 Å². The maximum absolute atomic E-state index is 12.8. The van der Waals surface area contributed by atoms with Crippen LogP contribution in [0.15, 0.2) is 60.7 Å². The van der Waals surface area contributed by atoms with Crippen molar-refractivity contribution in [1.82, 2.24) is 4.90 Å². The van der Waals surface area contributed by atoms with Gasteiger partial charge in [-0.25, -0.2) is 0 Å². The lowest BCUT2D eigenvalue weighted by Gasteiger charge is -2.26. The molecule has 0 atom stereocenters. The van der Waals surface area contributed by atoms with E-state index in [1.165, 1.54) is 6.92 Å². The van der Waals surface area contributed by atoms with Gasteiger partial charge in [-0.3, -0.25) is 24.1 Å². The fourth-order valence-electron chi connectivity index (χ4n) is 3.36. The predicted molar refractivity (Wildman–Crippen MR) is 104 cm³/mol. The van der Waals surface area contributed by atoms with Crippen molar-refractivity contribution in [1.29, 1.82) is 0 Å². The van der Waals surface area contributed by atoms with Crippen molar-refractivity contribution in [2.75, 3.05) is 11.9 Å². The Bertz CT molecular complexity index is 1100. The smallest absolute Gasteiger partial charge is 0.261 e. The molecule has 1 heterocycles. The molecule has 1 aliphatic rings. The first-order valence-corrected chi connectivity index (χ1v) is 8.74. The molecule has 1 N–H and O–H groups in total. The summed E-state index contributed by atoms with van der Waals surface area (Å²) in [6.45, 7) is 1.07. The van der Waals surface area contributed by atoms with E-state index in [4.69, 9.17) is 0 Å². The van der Waals surface area contributed by atoms with Gasteiger partial charge >= 0.3 is 0 Å². The molecule has 138 valence electrons. The lowest BCUT2D eigenvalue weighted by Crippen LogP contribution is -2.44. The molecule has 28 heavy (non-hydrogen) atoms. The van der Waals surface area contributed by atoms with E-state index in [9.17, 15) is 19.2 Å². The monoisotopic (exact) mass is 372 g/mol. The molecular weight excluding hydrogens is 356 g/mol. The van der Waals surface area contributed by atoms with Crippen LogP contribution in [0.5, 0.6) is 0 Å². The van der Waals surface area contributed by atoms with E-state index in [0.29, 0.717) is 27.8 Å². The molecule has 3 aromatic rings. The van der Waals surface area contributed by atoms with E-state index >= 15 is 0 Å². The van der Waals surface area contributed by atoms with Crippen LogP contribution in [-0.4, -0.2) is 34.9 Å². The number of anilines is 1. The minimum atomic E-state index is -0.496. The molecule has 0 unspecified atom stereocenters. The number of ketones is 1. The van der Waals surface area contributed by atoms with Crippen LogP contribution in [0.2, 0.25) is 0 Å². The molecule has 6 nitrogen and oxygen atoms in total. The largest absolute Gasteiger partial charge is 0.325 e. The number of nitrogens with zero attached hydrogens (tertiary/aromatic N) is 1. The molecule has 0 saturated carbocycles. The summed E-state index contributed by atoms with van der Waals surface area (Å²) in [4.78, 5) is 50.3. The van der Waals surface area contributed by atoms with Crippen molar-refractivity contribution in [3.63, 3.8) is 0 Å². The van der Waals surface area contributed by atoms with Crippen LogP contribution in [0.3, 0.4) is 0 Å². The van der Waals surface area contributed by atoms with Crippen LogP contribution >= 0.6 is 0 Å². The molecule has 3 amide bonds. The third kappa shape index (κ3) is 2.95. The van der Waals surface area contributed by atoms with Crippen molar-refractivity contribution in [2.24, 2.45) is 0 Å². The van der Waals surface area contributed by atoms with E-state index in [0.717, 1.165) is 10.3 Å². The van der Waals surface area contributed by atoms with Gasteiger partial charge in [0.1, 0.15) is 6.54 Å². The van der Waals surface area contributed by atoms with Gasteiger partial charge in [-0.15, -0.1) is 0 Å². The maximum Gasteiger partial charge on any atom is 0.261 e. The standard InChI is InChI=1S/C22H16N2O4/c1-13(25)14-8-10-16(11-9-14)23-19(26)12-24-21(27)17-6-2-4-15-5-3-7-18(20(15)17)22(24)28/h2-11H,12H2,1H3,(H,23,26). The molecule has 1 aliphatic heterocycles. The Hall–Kier alpha value is -3.80. The predicted octanol–water partition coefficient (Wildman–Crippen LogP) is 3.28. The molecule has 0 saturated heterocycles. The first-order chi connectivity index (χ1) is 13.5. The summed E-state index contributed by atoms with van der Waals surface area (Å²) in [6, 6.07) is 16.9. The zero-order valence-corrected chi connectivity index (χ0v) is 15.1. The number of carbonyl (C=O) groups is 4. The molecule has 0 aromatic heterocycles. The Kier molecular flexibility index (Phi) is 4.24. The molecule has 0 radical (unpaired) electrons. The van der Waals surface area contributed by atoms with Crippen LogP contribution in [0, 0.1) is 0 Å². The molecule has 6 heteroatoms. The second-order valence-corrected chi connectivity index (χ2v) is 6.59. The van der Waals surface area contributed by atoms with Gasteiger partial charge in [0.2, 0.25) is 5.91 Å². The Morgan fingerprint density at radius 1 is 0.857 bits per heavy atom. The summed E-state index contributed by atoms with van der Waals surface area (Å²) in [5.74, 6) is -1.55.